The molecule has 0 aromatic heterocycles. The predicted molar refractivity (Wildman–Crippen MR) is 116 cm³/mol. The van der Waals surface area contributed by atoms with Gasteiger partial charge in [-0.05, 0) is 53.6 Å². The zero-order valence-corrected chi connectivity index (χ0v) is 17.0. The Morgan fingerprint density at radius 3 is 2.11 bits per heavy atom. The summed E-state index contributed by atoms with van der Waals surface area (Å²) in [7, 11) is 0. The summed E-state index contributed by atoms with van der Waals surface area (Å²) in [6.07, 6.45) is 0.333. The highest BCUT2D eigenvalue weighted by atomic mass is 35.5. The molecule has 1 aliphatic heterocycles. The lowest BCUT2D eigenvalue weighted by Gasteiger charge is -2.31. The molecule has 1 heterocycles. The van der Waals surface area contributed by atoms with E-state index in [1.54, 1.807) is 18.2 Å². The van der Waals surface area contributed by atoms with Crippen molar-refractivity contribution >= 4 is 40.5 Å². The number of phenols is 1. The van der Waals surface area contributed by atoms with Crippen LogP contribution in [0.4, 0.5) is 0 Å². The van der Waals surface area contributed by atoms with E-state index in [-0.39, 0.29) is 18.0 Å². The molecule has 3 aromatic carbocycles. The maximum atomic E-state index is 10.4. The molecule has 0 saturated carbocycles. The fourth-order valence-electron chi connectivity index (χ4n) is 3.34. The van der Waals surface area contributed by atoms with Crippen LogP contribution < -0.4 is 5.32 Å². The lowest BCUT2D eigenvalue weighted by atomic mass is 9.93. The number of nitrogens with one attached hydrogen (secondary N) is 1. The second-order valence-corrected chi connectivity index (χ2v) is 7.97. The van der Waals surface area contributed by atoms with Crippen molar-refractivity contribution in [3.63, 3.8) is 0 Å². The number of hydrogen-bond donors (Lipinski definition) is 2. The van der Waals surface area contributed by atoms with Crippen LogP contribution in [0.2, 0.25) is 15.1 Å². The van der Waals surface area contributed by atoms with Crippen LogP contribution in [0.3, 0.4) is 0 Å². The van der Waals surface area contributed by atoms with Crippen molar-refractivity contribution in [3.8, 4) is 5.75 Å². The summed E-state index contributed by atoms with van der Waals surface area (Å²) in [5.41, 5.74) is 3.66. The van der Waals surface area contributed by atoms with E-state index < -0.39 is 0 Å². The summed E-state index contributed by atoms with van der Waals surface area (Å²) < 4.78 is 0. The summed E-state index contributed by atoms with van der Waals surface area (Å²) in [4.78, 5) is 4.91. The largest absolute Gasteiger partial charge is 0.508 e. The second kappa shape index (κ2) is 8.14. The number of nitrogens with zero attached hydrogens (tertiary/aromatic N) is 1. The molecule has 2 N–H and O–H groups in total. The molecule has 6 heteroatoms. The highest BCUT2D eigenvalue weighted by Gasteiger charge is 2.27. The molecule has 2 unspecified atom stereocenters. The summed E-state index contributed by atoms with van der Waals surface area (Å²) in [5, 5.41) is 15.8. The molecule has 0 aliphatic carbocycles. The molecule has 0 bridgehead atoms. The first-order valence-corrected chi connectivity index (χ1v) is 9.95. The standard InChI is InChI=1S/C22H17Cl3N2O/c23-15-5-1-13(2-6-15)19-12-20(18-11-17(25)9-10-21(18)28)27-22(26-19)14-3-7-16(24)8-4-14/h1-11,20,22,27-28H,12H2. The van der Waals surface area contributed by atoms with Gasteiger partial charge in [-0.3, -0.25) is 10.3 Å². The summed E-state index contributed by atoms with van der Waals surface area (Å²) in [6, 6.07) is 20.1. The molecule has 2 atom stereocenters. The topological polar surface area (TPSA) is 44.6 Å². The first-order valence-electron chi connectivity index (χ1n) is 8.82. The molecule has 4 rings (SSSR count). The highest BCUT2D eigenvalue weighted by Crippen LogP contribution is 2.36. The monoisotopic (exact) mass is 430 g/mol. The van der Waals surface area contributed by atoms with Gasteiger partial charge < -0.3 is 5.11 Å². The number of hydrogen-bond acceptors (Lipinski definition) is 3. The summed E-state index contributed by atoms with van der Waals surface area (Å²) in [6.45, 7) is 0. The van der Waals surface area contributed by atoms with E-state index >= 15 is 0 Å². The number of benzene rings is 3. The average Bonchev–Trinajstić information content (AvgIpc) is 2.70. The minimum Gasteiger partial charge on any atom is -0.508 e. The van der Waals surface area contributed by atoms with Crippen molar-refractivity contribution in [2.24, 2.45) is 4.99 Å². The molecule has 1 aliphatic rings. The number of aliphatic imine (C=N–C) groups is 1. The summed E-state index contributed by atoms with van der Waals surface area (Å²) >= 11 is 18.3. The van der Waals surface area contributed by atoms with Crippen LogP contribution in [0.15, 0.2) is 71.7 Å². The first kappa shape index (κ1) is 19.3. The Balaban J connectivity index is 1.76. The van der Waals surface area contributed by atoms with E-state index in [4.69, 9.17) is 39.8 Å². The minimum atomic E-state index is -0.278. The van der Waals surface area contributed by atoms with Gasteiger partial charge in [-0.15, -0.1) is 0 Å². The van der Waals surface area contributed by atoms with Crippen molar-refractivity contribution in [3.05, 3.63) is 98.5 Å². The molecule has 0 radical (unpaired) electrons. The van der Waals surface area contributed by atoms with Crippen LogP contribution in [-0.2, 0) is 0 Å². The normalized spacial score (nSPS) is 19.3. The van der Waals surface area contributed by atoms with Crippen molar-refractivity contribution < 1.29 is 5.11 Å². The van der Waals surface area contributed by atoms with Crippen LogP contribution >= 0.6 is 34.8 Å². The third kappa shape index (κ3) is 4.18. The Morgan fingerprint density at radius 2 is 1.43 bits per heavy atom. The van der Waals surface area contributed by atoms with Gasteiger partial charge in [0.05, 0.1) is 0 Å². The third-order valence-corrected chi connectivity index (χ3v) is 5.51. The van der Waals surface area contributed by atoms with Gasteiger partial charge in [0.1, 0.15) is 11.9 Å². The maximum Gasteiger partial charge on any atom is 0.126 e. The fraction of sp³-hybridized carbons (Fsp3) is 0.136. The molecular formula is C22H17Cl3N2O. The minimum absolute atomic E-state index is 0.150. The molecular weight excluding hydrogens is 415 g/mol. The van der Waals surface area contributed by atoms with Gasteiger partial charge >= 0.3 is 0 Å². The molecule has 0 saturated heterocycles. The lowest BCUT2D eigenvalue weighted by molar-refractivity contribution is 0.413. The Morgan fingerprint density at radius 1 is 0.821 bits per heavy atom. The summed E-state index contributed by atoms with van der Waals surface area (Å²) in [5.74, 6) is 0.203. The van der Waals surface area contributed by atoms with E-state index in [0.717, 1.165) is 22.4 Å². The van der Waals surface area contributed by atoms with Gasteiger partial charge in [0.25, 0.3) is 0 Å². The van der Waals surface area contributed by atoms with Gasteiger partial charge in [0, 0.05) is 38.8 Å². The maximum absolute atomic E-state index is 10.4. The number of aromatic hydroxyl groups is 1. The molecule has 28 heavy (non-hydrogen) atoms. The molecule has 3 aromatic rings. The van der Waals surface area contributed by atoms with E-state index in [2.05, 4.69) is 5.32 Å². The number of phenolic OH excluding ortho intramolecular Hbond substituents is 1. The predicted octanol–water partition coefficient (Wildman–Crippen LogP) is 6.57. The quantitative estimate of drug-likeness (QED) is 0.492. The van der Waals surface area contributed by atoms with Crippen molar-refractivity contribution in [2.45, 2.75) is 18.6 Å². The third-order valence-electron chi connectivity index (χ3n) is 4.77. The van der Waals surface area contributed by atoms with Crippen LogP contribution in [0.1, 0.15) is 35.3 Å². The smallest absolute Gasteiger partial charge is 0.126 e. The van der Waals surface area contributed by atoms with E-state index in [1.165, 1.54) is 0 Å². The van der Waals surface area contributed by atoms with Gasteiger partial charge in [0.15, 0.2) is 0 Å². The van der Waals surface area contributed by atoms with E-state index in [0.29, 0.717) is 21.5 Å². The van der Waals surface area contributed by atoms with E-state index in [9.17, 15) is 5.11 Å². The fourth-order valence-corrected chi connectivity index (χ4v) is 3.78. The van der Waals surface area contributed by atoms with Crippen LogP contribution in [0.5, 0.6) is 5.75 Å². The zero-order valence-electron chi connectivity index (χ0n) is 14.7. The van der Waals surface area contributed by atoms with Crippen LogP contribution in [0, 0.1) is 0 Å². The van der Waals surface area contributed by atoms with Gasteiger partial charge in [-0.25, -0.2) is 0 Å². The second-order valence-electron chi connectivity index (χ2n) is 6.66. The average molecular weight is 432 g/mol. The van der Waals surface area contributed by atoms with Crippen molar-refractivity contribution in [1.82, 2.24) is 5.32 Å². The number of rotatable bonds is 3. The molecule has 0 amide bonds. The van der Waals surface area contributed by atoms with Crippen molar-refractivity contribution in [1.29, 1.82) is 0 Å². The van der Waals surface area contributed by atoms with E-state index in [1.807, 2.05) is 48.5 Å². The van der Waals surface area contributed by atoms with Gasteiger partial charge in [-0.1, -0.05) is 59.1 Å². The zero-order chi connectivity index (χ0) is 19.7. The molecule has 3 nitrogen and oxygen atoms in total. The highest BCUT2D eigenvalue weighted by molar-refractivity contribution is 6.31. The Kier molecular flexibility index (Phi) is 5.61. The Labute approximate surface area is 178 Å². The van der Waals surface area contributed by atoms with Crippen molar-refractivity contribution in [2.75, 3.05) is 0 Å². The Bertz CT molecular complexity index is 1020. The van der Waals surface area contributed by atoms with Gasteiger partial charge in [-0.2, -0.15) is 0 Å². The lowest BCUT2D eigenvalue weighted by Crippen LogP contribution is -2.33. The first-order chi connectivity index (χ1) is 13.5. The van der Waals surface area contributed by atoms with Crippen LogP contribution in [-0.4, -0.2) is 10.8 Å². The molecule has 0 fully saturated rings. The SMILES string of the molecule is Oc1ccc(Cl)cc1C1CC(c2ccc(Cl)cc2)=NC(c2ccc(Cl)cc2)N1. The van der Waals surface area contributed by atoms with Gasteiger partial charge in [0.2, 0.25) is 0 Å². The molecule has 0 spiro atoms. The Hall–Kier alpha value is -2.04. The number of halogens is 3. The molecule has 142 valence electrons. The van der Waals surface area contributed by atoms with Crippen LogP contribution in [0.25, 0.3) is 0 Å².